The summed E-state index contributed by atoms with van der Waals surface area (Å²) in [7, 11) is 1.62. The first-order valence-corrected chi connectivity index (χ1v) is 12.0. The van der Waals surface area contributed by atoms with Crippen LogP contribution in [0.4, 0.5) is 0 Å². The van der Waals surface area contributed by atoms with Crippen molar-refractivity contribution in [2.75, 3.05) is 20.3 Å². The number of ether oxygens (including phenoxy) is 2. The van der Waals surface area contributed by atoms with Crippen LogP contribution in [0.3, 0.4) is 0 Å². The maximum atomic E-state index is 13.1. The zero-order valence-corrected chi connectivity index (χ0v) is 20.3. The number of benzene rings is 1. The number of hydrogen-bond donors (Lipinski definition) is 2. The van der Waals surface area contributed by atoms with Crippen LogP contribution in [-0.4, -0.2) is 52.4 Å². The molecule has 4 rings (SSSR count). The van der Waals surface area contributed by atoms with Gasteiger partial charge in [-0.1, -0.05) is 12.1 Å². The molecule has 0 radical (unpaired) electrons. The highest BCUT2D eigenvalue weighted by atomic mass is 32.1. The number of furan rings is 1. The molecule has 0 aliphatic heterocycles. The standard InChI is InChI=1S/C25H29N3O5S/c1-16(2)33-14-18(29)11-28(12-20-5-4-10-32-20)13-22-26-24(30)23-21(15-34-25(23)27-22)17-6-8-19(31-3)9-7-17/h4-10,15-16,18,29H,11-14H2,1-3H3,(H,26,27,30)/t18-/m0/s1. The van der Waals surface area contributed by atoms with Gasteiger partial charge in [-0.15, -0.1) is 11.3 Å². The fraction of sp³-hybridized carbons (Fsp3) is 0.360. The Morgan fingerprint density at radius 1 is 1.21 bits per heavy atom. The number of aromatic nitrogens is 2. The summed E-state index contributed by atoms with van der Waals surface area (Å²) in [6.07, 6.45) is 0.966. The fourth-order valence-electron chi connectivity index (χ4n) is 3.73. The van der Waals surface area contributed by atoms with Gasteiger partial charge < -0.3 is 24.0 Å². The van der Waals surface area contributed by atoms with Gasteiger partial charge in [-0.2, -0.15) is 0 Å². The van der Waals surface area contributed by atoms with Crippen molar-refractivity contribution in [3.05, 3.63) is 70.0 Å². The Bertz CT molecular complexity index is 1250. The van der Waals surface area contributed by atoms with Crippen LogP contribution in [0.1, 0.15) is 25.4 Å². The molecule has 8 nitrogen and oxygen atoms in total. The molecule has 1 atom stereocenters. The van der Waals surface area contributed by atoms with Gasteiger partial charge in [0, 0.05) is 17.5 Å². The first-order chi connectivity index (χ1) is 16.4. The second kappa shape index (κ2) is 11.0. The van der Waals surface area contributed by atoms with E-state index in [1.54, 1.807) is 13.4 Å². The minimum Gasteiger partial charge on any atom is -0.497 e. The Morgan fingerprint density at radius 3 is 2.68 bits per heavy atom. The summed E-state index contributed by atoms with van der Waals surface area (Å²) in [6.45, 7) is 5.24. The minimum atomic E-state index is -0.684. The molecule has 3 heterocycles. The van der Waals surface area contributed by atoms with Gasteiger partial charge in [0.05, 0.1) is 50.7 Å². The quantitative estimate of drug-likeness (QED) is 0.332. The minimum absolute atomic E-state index is 0.0346. The van der Waals surface area contributed by atoms with Gasteiger partial charge in [-0.25, -0.2) is 4.98 Å². The molecule has 0 spiro atoms. The third kappa shape index (κ3) is 5.92. The normalized spacial score (nSPS) is 12.6. The number of fused-ring (bicyclic) bond motifs is 1. The van der Waals surface area contributed by atoms with E-state index in [2.05, 4.69) is 4.98 Å². The van der Waals surface area contributed by atoms with Crippen molar-refractivity contribution in [3.63, 3.8) is 0 Å². The van der Waals surface area contributed by atoms with E-state index >= 15 is 0 Å². The van der Waals surface area contributed by atoms with E-state index in [0.29, 0.717) is 35.7 Å². The van der Waals surface area contributed by atoms with Gasteiger partial charge >= 0.3 is 0 Å². The molecule has 4 aromatic rings. The molecule has 34 heavy (non-hydrogen) atoms. The van der Waals surface area contributed by atoms with Crippen molar-refractivity contribution in [2.45, 2.75) is 39.1 Å². The van der Waals surface area contributed by atoms with E-state index in [4.69, 9.17) is 18.9 Å². The van der Waals surface area contributed by atoms with Crippen molar-refractivity contribution in [1.29, 1.82) is 0 Å². The number of aliphatic hydroxyl groups excluding tert-OH is 1. The smallest absolute Gasteiger partial charge is 0.260 e. The molecule has 0 saturated heterocycles. The van der Waals surface area contributed by atoms with Gasteiger partial charge in [0.1, 0.15) is 22.2 Å². The monoisotopic (exact) mass is 483 g/mol. The zero-order valence-electron chi connectivity index (χ0n) is 19.5. The molecule has 9 heteroatoms. The molecule has 180 valence electrons. The maximum absolute atomic E-state index is 13.1. The van der Waals surface area contributed by atoms with Crippen molar-refractivity contribution in [1.82, 2.24) is 14.9 Å². The Labute approximate surface area is 201 Å². The highest BCUT2D eigenvalue weighted by Crippen LogP contribution is 2.31. The van der Waals surface area contributed by atoms with Crippen LogP contribution in [0.5, 0.6) is 5.75 Å². The van der Waals surface area contributed by atoms with E-state index in [9.17, 15) is 9.90 Å². The molecule has 0 amide bonds. The Kier molecular flexibility index (Phi) is 7.79. The highest BCUT2D eigenvalue weighted by molar-refractivity contribution is 7.17. The van der Waals surface area contributed by atoms with Crippen LogP contribution in [-0.2, 0) is 17.8 Å². The number of hydrogen-bond acceptors (Lipinski definition) is 8. The first kappa shape index (κ1) is 24.2. The molecule has 0 unspecified atom stereocenters. The van der Waals surface area contributed by atoms with Crippen LogP contribution < -0.4 is 10.3 Å². The Balaban J connectivity index is 1.57. The van der Waals surface area contributed by atoms with E-state index < -0.39 is 6.10 Å². The predicted octanol–water partition coefficient (Wildman–Crippen LogP) is 4.04. The molecule has 0 aliphatic rings. The molecule has 0 fully saturated rings. The number of nitrogens with one attached hydrogen (secondary N) is 1. The number of methoxy groups -OCH3 is 1. The second-order valence-electron chi connectivity index (χ2n) is 8.36. The van der Waals surface area contributed by atoms with Crippen LogP contribution in [0.25, 0.3) is 21.3 Å². The summed E-state index contributed by atoms with van der Waals surface area (Å²) in [5, 5.41) is 13.0. The first-order valence-electron chi connectivity index (χ1n) is 11.1. The van der Waals surface area contributed by atoms with Gasteiger partial charge in [0.25, 0.3) is 5.56 Å². The van der Waals surface area contributed by atoms with Crippen molar-refractivity contribution in [2.24, 2.45) is 0 Å². The van der Waals surface area contributed by atoms with Crippen molar-refractivity contribution >= 4 is 21.6 Å². The lowest BCUT2D eigenvalue weighted by atomic mass is 10.1. The summed E-state index contributed by atoms with van der Waals surface area (Å²) in [5.41, 5.74) is 1.59. The fourth-order valence-corrected chi connectivity index (χ4v) is 4.69. The molecule has 2 N–H and O–H groups in total. The van der Waals surface area contributed by atoms with Gasteiger partial charge in [0.2, 0.25) is 0 Å². The molecule has 0 aliphatic carbocycles. The zero-order chi connectivity index (χ0) is 24.1. The summed E-state index contributed by atoms with van der Waals surface area (Å²) in [6, 6.07) is 11.3. The molecule has 1 aromatic carbocycles. The molecular weight excluding hydrogens is 454 g/mol. The summed E-state index contributed by atoms with van der Waals surface area (Å²) in [5.74, 6) is 2.05. The van der Waals surface area contributed by atoms with Crippen molar-refractivity contribution in [3.8, 4) is 16.9 Å². The van der Waals surface area contributed by atoms with E-state index in [1.807, 2.05) is 60.5 Å². The largest absolute Gasteiger partial charge is 0.497 e. The van der Waals surface area contributed by atoms with E-state index in [-0.39, 0.29) is 18.3 Å². The summed E-state index contributed by atoms with van der Waals surface area (Å²) in [4.78, 5) is 23.4. The number of nitrogens with zero attached hydrogens (tertiary/aromatic N) is 2. The van der Waals surface area contributed by atoms with E-state index in [1.165, 1.54) is 11.3 Å². The van der Waals surface area contributed by atoms with Crippen LogP contribution in [0.2, 0.25) is 0 Å². The Morgan fingerprint density at radius 2 is 2.00 bits per heavy atom. The van der Waals surface area contributed by atoms with Gasteiger partial charge in [0.15, 0.2) is 0 Å². The molecular formula is C25H29N3O5S. The average Bonchev–Trinajstić information content (AvgIpc) is 3.48. The number of H-pyrrole nitrogens is 1. The summed E-state index contributed by atoms with van der Waals surface area (Å²) >= 11 is 1.44. The molecule has 0 bridgehead atoms. The second-order valence-corrected chi connectivity index (χ2v) is 9.21. The number of rotatable bonds is 11. The van der Waals surface area contributed by atoms with Crippen LogP contribution >= 0.6 is 11.3 Å². The number of aromatic amines is 1. The topological polar surface area (TPSA) is 101 Å². The third-order valence-electron chi connectivity index (χ3n) is 5.32. The lowest BCUT2D eigenvalue weighted by Gasteiger charge is -2.24. The van der Waals surface area contributed by atoms with Crippen molar-refractivity contribution < 1.29 is 19.0 Å². The SMILES string of the molecule is COc1ccc(-c2csc3nc(CN(Cc4ccco4)C[C@H](O)COC(C)C)[nH]c(=O)c23)cc1. The molecule has 3 aromatic heterocycles. The summed E-state index contributed by atoms with van der Waals surface area (Å²) < 4.78 is 16.3. The van der Waals surface area contributed by atoms with Crippen LogP contribution in [0.15, 0.2) is 57.3 Å². The predicted molar refractivity (Wildman–Crippen MR) is 132 cm³/mol. The van der Waals surface area contributed by atoms with E-state index in [0.717, 1.165) is 22.6 Å². The van der Waals surface area contributed by atoms with Gasteiger partial charge in [-0.05, 0) is 43.7 Å². The third-order valence-corrected chi connectivity index (χ3v) is 6.19. The highest BCUT2D eigenvalue weighted by Gasteiger charge is 2.18. The van der Waals surface area contributed by atoms with Gasteiger partial charge in [-0.3, -0.25) is 9.69 Å². The Hall–Kier alpha value is -2.98. The molecule has 0 saturated carbocycles. The average molecular weight is 484 g/mol. The number of aliphatic hydroxyl groups is 1. The lowest BCUT2D eigenvalue weighted by molar-refractivity contribution is -0.0117. The lowest BCUT2D eigenvalue weighted by Crippen LogP contribution is -2.35. The van der Waals surface area contributed by atoms with Crippen LogP contribution in [0, 0.1) is 0 Å². The maximum Gasteiger partial charge on any atom is 0.260 e. The number of thiophene rings is 1.